The number of thiophene rings is 1. The van der Waals surface area contributed by atoms with Crippen LogP contribution in [0.3, 0.4) is 0 Å². The fraction of sp³-hybridized carbons (Fsp3) is 0.353. The summed E-state index contributed by atoms with van der Waals surface area (Å²) in [5.74, 6) is 0.531. The Morgan fingerprint density at radius 2 is 2.05 bits per heavy atom. The summed E-state index contributed by atoms with van der Waals surface area (Å²) in [7, 11) is 1.65. The molecule has 0 spiro atoms. The molecule has 0 saturated carbocycles. The van der Waals surface area contributed by atoms with Crippen molar-refractivity contribution < 1.29 is 9.53 Å². The molecule has 22 heavy (non-hydrogen) atoms. The summed E-state index contributed by atoms with van der Waals surface area (Å²) >= 11 is 1.74. The number of hydrogen-bond acceptors (Lipinski definition) is 4. The van der Waals surface area contributed by atoms with Crippen LogP contribution in [0, 0.1) is 0 Å². The van der Waals surface area contributed by atoms with E-state index in [4.69, 9.17) is 10.5 Å². The molecule has 0 saturated heterocycles. The van der Waals surface area contributed by atoms with Gasteiger partial charge in [-0.15, -0.1) is 11.3 Å². The van der Waals surface area contributed by atoms with E-state index in [-0.39, 0.29) is 18.5 Å². The molecule has 118 valence electrons. The van der Waals surface area contributed by atoms with Gasteiger partial charge in [-0.05, 0) is 42.5 Å². The second kappa shape index (κ2) is 7.96. The van der Waals surface area contributed by atoms with Crippen LogP contribution < -0.4 is 10.5 Å². The van der Waals surface area contributed by atoms with Crippen LogP contribution in [-0.2, 0) is 17.8 Å². The Hall–Kier alpha value is -1.85. The number of carbonyl (C=O) groups excluding carboxylic acids is 1. The summed E-state index contributed by atoms with van der Waals surface area (Å²) in [5.41, 5.74) is 6.54. The summed E-state index contributed by atoms with van der Waals surface area (Å²) < 4.78 is 5.17. The standard InChI is InChI=1S/C17H22N2O2S/c1-13(10-16-4-3-9-22-16)19(12-17(18)20)11-14-5-7-15(21-2)8-6-14/h3-9,13H,10-12H2,1-2H3,(H2,18,20)/t13-/m0/s1. The average molecular weight is 318 g/mol. The van der Waals surface area contributed by atoms with Gasteiger partial charge in [-0.2, -0.15) is 0 Å². The van der Waals surface area contributed by atoms with Crippen molar-refractivity contribution in [2.45, 2.75) is 25.9 Å². The topological polar surface area (TPSA) is 55.6 Å². The van der Waals surface area contributed by atoms with Gasteiger partial charge in [0.2, 0.25) is 5.91 Å². The zero-order valence-electron chi connectivity index (χ0n) is 13.0. The molecule has 1 aromatic heterocycles. The summed E-state index contributed by atoms with van der Waals surface area (Å²) in [6.45, 7) is 3.09. The Labute approximate surface area is 135 Å². The third kappa shape index (κ3) is 4.86. The quantitative estimate of drug-likeness (QED) is 0.814. The number of benzene rings is 1. The van der Waals surface area contributed by atoms with Crippen LogP contribution in [0.5, 0.6) is 5.75 Å². The first kappa shape index (κ1) is 16.5. The highest BCUT2D eigenvalue weighted by molar-refractivity contribution is 7.09. The largest absolute Gasteiger partial charge is 0.497 e. The van der Waals surface area contributed by atoms with E-state index in [0.29, 0.717) is 6.54 Å². The highest BCUT2D eigenvalue weighted by Crippen LogP contribution is 2.18. The summed E-state index contributed by atoms with van der Waals surface area (Å²) in [5, 5.41) is 2.07. The van der Waals surface area contributed by atoms with E-state index in [9.17, 15) is 4.79 Å². The molecule has 1 atom stereocenters. The minimum atomic E-state index is -0.299. The molecular weight excluding hydrogens is 296 g/mol. The number of nitrogens with two attached hydrogens (primary N) is 1. The molecule has 2 rings (SSSR count). The zero-order valence-corrected chi connectivity index (χ0v) is 13.8. The van der Waals surface area contributed by atoms with Gasteiger partial charge in [-0.3, -0.25) is 9.69 Å². The van der Waals surface area contributed by atoms with Gasteiger partial charge >= 0.3 is 0 Å². The average Bonchev–Trinajstić information content (AvgIpc) is 2.99. The lowest BCUT2D eigenvalue weighted by Crippen LogP contribution is -2.40. The minimum Gasteiger partial charge on any atom is -0.497 e. The van der Waals surface area contributed by atoms with Crippen molar-refractivity contribution in [1.82, 2.24) is 4.90 Å². The van der Waals surface area contributed by atoms with Crippen LogP contribution in [0.1, 0.15) is 17.4 Å². The van der Waals surface area contributed by atoms with Gasteiger partial charge < -0.3 is 10.5 Å². The van der Waals surface area contributed by atoms with Crippen molar-refractivity contribution in [3.8, 4) is 5.75 Å². The summed E-state index contributed by atoms with van der Waals surface area (Å²) in [6.07, 6.45) is 0.918. The maximum absolute atomic E-state index is 11.4. The number of amides is 1. The van der Waals surface area contributed by atoms with Crippen LogP contribution in [0.25, 0.3) is 0 Å². The molecule has 0 bridgehead atoms. The molecule has 1 amide bonds. The van der Waals surface area contributed by atoms with Gasteiger partial charge in [0.15, 0.2) is 0 Å². The molecule has 0 aliphatic rings. The Morgan fingerprint density at radius 3 is 2.59 bits per heavy atom. The van der Waals surface area contributed by atoms with Crippen molar-refractivity contribution in [2.75, 3.05) is 13.7 Å². The van der Waals surface area contributed by atoms with E-state index in [1.54, 1.807) is 18.4 Å². The molecule has 0 aliphatic heterocycles. The predicted octanol–water partition coefficient (Wildman–Crippen LogP) is 2.68. The molecule has 1 heterocycles. The second-order valence-corrected chi connectivity index (χ2v) is 6.38. The number of carbonyl (C=O) groups is 1. The third-order valence-corrected chi connectivity index (χ3v) is 4.50. The lowest BCUT2D eigenvalue weighted by atomic mass is 10.1. The monoisotopic (exact) mass is 318 g/mol. The zero-order chi connectivity index (χ0) is 15.9. The normalized spacial score (nSPS) is 12.3. The van der Waals surface area contributed by atoms with Gasteiger partial charge in [-0.1, -0.05) is 18.2 Å². The van der Waals surface area contributed by atoms with Crippen LogP contribution in [0.2, 0.25) is 0 Å². The molecule has 0 unspecified atom stereocenters. The number of ether oxygens (including phenoxy) is 1. The van der Waals surface area contributed by atoms with Crippen molar-refractivity contribution >= 4 is 17.2 Å². The van der Waals surface area contributed by atoms with Gasteiger partial charge in [0.1, 0.15) is 5.75 Å². The van der Waals surface area contributed by atoms with Crippen molar-refractivity contribution in [3.05, 3.63) is 52.2 Å². The minimum absolute atomic E-state index is 0.244. The van der Waals surface area contributed by atoms with E-state index in [2.05, 4.69) is 29.3 Å². The first-order chi connectivity index (χ1) is 10.6. The fourth-order valence-corrected chi connectivity index (χ4v) is 3.21. The van der Waals surface area contributed by atoms with Gasteiger partial charge in [0.05, 0.1) is 13.7 Å². The number of rotatable bonds is 8. The Balaban J connectivity index is 2.05. The Bertz CT molecular complexity index is 581. The van der Waals surface area contributed by atoms with E-state index in [0.717, 1.165) is 17.7 Å². The van der Waals surface area contributed by atoms with Crippen LogP contribution >= 0.6 is 11.3 Å². The number of primary amides is 1. The van der Waals surface area contributed by atoms with Crippen molar-refractivity contribution in [2.24, 2.45) is 5.73 Å². The van der Waals surface area contributed by atoms with Gasteiger partial charge in [0.25, 0.3) is 0 Å². The van der Waals surface area contributed by atoms with Crippen molar-refractivity contribution in [3.63, 3.8) is 0 Å². The fourth-order valence-electron chi connectivity index (χ4n) is 2.38. The van der Waals surface area contributed by atoms with Gasteiger partial charge in [-0.25, -0.2) is 0 Å². The lowest BCUT2D eigenvalue weighted by Gasteiger charge is -2.27. The smallest absolute Gasteiger partial charge is 0.231 e. The van der Waals surface area contributed by atoms with E-state index in [1.165, 1.54) is 4.88 Å². The molecule has 0 fully saturated rings. The van der Waals surface area contributed by atoms with Crippen LogP contribution in [0.4, 0.5) is 0 Å². The Morgan fingerprint density at radius 1 is 1.32 bits per heavy atom. The van der Waals surface area contributed by atoms with E-state index in [1.807, 2.05) is 24.3 Å². The van der Waals surface area contributed by atoms with Gasteiger partial charge in [0, 0.05) is 17.5 Å². The molecule has 5 heteroatoms. The molecule has 2 aromatic rings. The van der Waals surface area contributed by atoms with E-state index < -0.39 is 0 Å². The second-order valence-electron chi connectivity index (χ2n) is 5.35. The first-order valence-corrected chi connectivity index (χ1v) is 8.14. The molecule has 0 radical (unpaired) electrons. The van der Waals surface area contributed by atoms with Crippen LogP contribution in [0.15, 0.2) is 41.8 Å². The molecule has 1 aromatic carbocycles. The predicted molar refractivity (Wildman–Crippen MR) is 90.1 cm³/mol. The maximum Gasteiger partial charge on any atom is 0.231 e. The SMILES string of the molecule is COc1ccc(CN(CC(N)=O)[C@@H](C)Cc2cccs2)cc1. The summed E-state index contributed by atoms with van der Waals surface area (Å²) in [4.78, 5) is 14.8. The molecule has 0 aliphatic carbocycles. The number of nitrogens with zero attached hydrogens (tertiary/aromatic N) is 1. The Kier molecular flexibility index (Phi) is 5.98. The maximum atomic E-state index is 11.4. The summed E-state index contributed by atoms with van der Waals surface area (Å²) in [6, 6.07) is 12.3. The first-order valence-electron chi connectivity index (χ1n) is 7.26. The van der Waals surface area contributed by atoms with Crippen molar-refractivity contribution in [1.29, 1.82) is 0 Å². The molecule has 2 N–H and O–H groups in total. The lowest BCUT2D eigenvalue weighted by molar-refractivity contribution is -0.119. The number of methoxy groups -OCH3 is 1. The highest BCUT2D eigenvalue weighted by Gasteiger charge is 2.17. The molecular formula is C17H22N2O2S. The van der Waals surface area contributed by atoms with E-state index >= 15 is 0 Å². The highest BCUT2D eigenvalue weighted by atomic mass is 32.1. The third-order valence-electron chi connectivity index (χ3n) is 3.60. The van der Waals surface area contributed by atoms with Crippen LogP contribution in [-0.4, -0.2) is 30.5 Å². The molecule has 4 nitrogen and oxygen atoms in total. The number of hydrogen-bond donors (Lipinski definition) is 1.